The van der Waals surface area contributed by atoms with E-state index in [9.17, 15) is 0 Å². The molecule has 2 aromatic rings. The fourth-order valence-corrected chi connectivity index (χ4v) is 1.79. The van der Waals surface area contributed by atoms with E-state index in [4.69, 9.17) is 4.74 Å². The molecule has 0 bridgehead atoms. The zero-order chi connectivity index (χ0) is 12.3. The number of aromatic nitrogens is 3. The third kappa shape index (κ3) is 3.30. The van der Waals surface area contributed by atoms with Crippen molar-refractivity contribution in [2.75, 3.05) is 0 Å². The van der Waals surface area contributed by atoms with E-state index in [1.54, 1.807) is 18.6 Å². The Labute approximate surface area is 109 Å². The lowest BCUT2D eigenvalue weighted by Gasteiger charge is -2.04. The monoisotopic (exact) mass is 295 g/mol. The van der Waals surface area contributed by atoms with Crippen molar-refractivity contribution in [3.63, 3.8) is 0 Å². The SMILES string of the molecule is CC(C)n1cc(OCc2cncc(Br)c2)cn1. The summed E-state index contributed by atoms with van der Waals surface area (Å²) in [5, 5.41) is 4.21. The molecule has 90 valence electrons. The summed E-state index contributed by atoms with van der Waals surface area (Å²) in [5.74, 6) is 0.777. The Balaban J connectivity index is 1.97. The maximum Gasteiger partial charge on any atom is 0.157 e. The van der Waals surface area contributed by atoms with Gasteiger partial charge >= 0.3 is 0 Å². The molecular formula is C12H14BrN3O. The molecule has 0 radical (unpaired) electrons. The summed E-state index contributed by atoms with van der Waals surface area (Å²) < 4.78 is 8.46. The molecule has 0 aliphatic carbocycles. The molecule has 0 amide bonds. The van der Waals surface area contributed by atoms with E-state index in [2.05, 4.69) is 39.9 Å². The Hall–Kier alpha value is -1.36. The fourth-order valence-electron chi connectivity index (χ4n) is 1.38. The van der Waals surface area contributed by atoms with Gasteiger partial charge in [0.1, 0.15) is 6.61 Å². The number of pyridine rings is 1. The smallest absolute Gasteiger partial charge is 0.157 e. The highest BCUT2D eigenvalue weighted by atomic mass is 79.9. The molecule has 0 unspecified atom stereocenters. The van der Waals surface area contributed by atoms with Crippen molar-refractivity contribution >= 4 is 15.9 Å². The topological polar surface area (TPSA) is 39.9 Å². The van der Waals surface area contributed by atoms with Crippen LogP contribution in [0.2, 0.25) is 0 Å². The van der Waals surface area contributed by atoms with Crippen molar-refractivity contribution in [3.05, 3.63) is 40.9 Å². The van der Waals surface area contributed by atoms with Gasteiger partial charge in [0.25, 0.3) is 0 Å². The van der Waals surface area contributed by atoms with Gasteiger partial charge in [0.05, 0.1) is 12.4 Å². The molecule has 2 aromatic heterocycles. The first-order valence-electron chi connectivity index (χ1n) is 5.41. The van der Waals surface area contributed by atoms with E-state index in [1.807, 2.05) is 16.9 Å². The second-order valence-electron chi connectivity index (χ2n) is 4.05. The van der Waals surface area contributed by atoms with Crippen LogP contribution in [-0.4, -0.2) is 14.8 Å². The van der Waals surface area contributed by atoms with Crippen LogP contribution in [0.15, 0.2) is 35.3 Å². The Morgan fingerprint density at radius 1 is 1.35 bits per heavy atom. The molecule has 0 saturated carbocycles. The van der Waals surface area contributed by atoms with Crippen molar-refractivity contribution in [1.29, 1.82) is 0 Å². The number of nitrogens with zero attached hydrogens (tertiary/aromatic N) is 3. The molecule has 0 atom stereocenters. The standard InChI is InChI=1S/C12H14BrN3O/c1-9(2)16-7-12(6-15-16)17-8-10-3-11(13)5-14-4-10/h3-7,9H,8H2,1-2H3. The minimum Gasteiger partial charge on any atom is -0.486 e. The van der Waals surface area contributed by atoms with E-state index in [0.717, 1.165) is 15.8 Å². The predicted octanol–water partition coefficient (Wildman–Crippen LogP) is 3.20. The number of rotatable bonds is 4. The highest BCUT2D eigenvalue weighted by Gasteiger charge is 2.03. The molecule has 17 heavy (non-hydrogen) atoms. The van der Waals surface area contributed by atoms with Crippen LogP contribution in [0.1, 0.15) is 25.5 Å². The van der Waals surface area contributed by atoms with Gasteiger partial charge in [0.2, 0.25) is 0 Å². The second-order valence-corrected chi connectivity index (χ2v) is 4.97. The van der Waals surface area contributed by atoms with Crippen molar-refractivity contribution in [2.24, 2.45) is 0 Å². The van der Waals surface area contributed by atoms with E-state index >= 15 is 0 Å². The quantitative estimate of drug-likeness (QED) is 0.870. The number of hydrogen-bond donors (Lipinski definition) is 0. The molecular weight excluding hydrogens is 282 g/mol. The second kappa shape index (κ2) is 5.31. The van der Waals surface area contributed by atoms with Crippen molar-refractivity contribution in [2.45, 2.75) is 26.5 Å². The van der Waals surface area contributed by atoms with Crippen molar-refractivity contribution in [3.8, 4) is 5.75 Å². The third-order valence-corrected chi connectivity index (χ3v) is 2.71. The van der Waals surface area contributed by atoms with Crippen LogP contribution in [0, 0.1) is 0 Å². The van der Waals surface area contributed by atoms with Crippen molar-refractivity contribution < 1.29 is 4.74 Å². The van der Waals surface area contributed by atoms with Gasteiger partial charge in [-0.15, -0.1) is 0 Å². The number of hydrogen-bond acceptors (Lipinski definition) is 3. The number of ether oxygens (including phenoxy) is 1. The molecule has 0 fully saturated rings. The first-order chi connectivity index (χ1) is 8.15. The minimum atomic E-state index is 0.347. The van der Waals surface area contributed by atoms with Gasteiger partial charge in [-0.3, -0.25) is 9.67 Å². The van der Waals surface area contributed by atoms with Crippen LogP contribution in [0.25, 0.3) is 0 Å². The first kappa shape index (κ1) is 12.1. The van der Waals surface area contributed by atoms with Crippen LogP contribution in [0.3, 0.4) is 0 Å². The zero-order valence-electron chi connectivity index (χ0n) is 9.80. The van der Waals surface area contributed by atoms with Crippen LogP contribution in [-0.2, 0) is 6.61 Å². The summed E-state index contributed by atoms with van der Waals surface area (Å²) >= 11 is 3.38. The molecule has 0 aliphatic heterocycles. The van der Waals surface area contributed by atoms with Gasteiger partial charge in [0, 0.05) is 28.5 Å². The van der Waals surface area contributed by atoms with E-state index < -0.39 is 0 Å². The first-order valence-corrected chi connectivity index (χ1v) is 6.21. The summed E-state index contributed by atoms with van der Waals surface area (Å²) in [6, 6.07) is 2.33. The molecule has 2 heterocycles. The van der Waals surface area contributed by atoms with Crippen LogP contribution in [0.4, 0.5) is 0 Å². The highest BCUT2D eigenvalue weighted by Crippen LogP contribution is 2.15. The third-order valence-electron chi connectivity index (χ3n) is 2.27. The Kier molecular flexibility index (Phi) is 3.78. The van der Waals surface area contributed by atoms with E-state index in [-0.39, 0.29) is 0 Å². The molecule has 5 heteroatoms. The Morgan fingerprint density at radius 2 is 2.18 bits per heavy atom. The van der Waals surface area contributed by atoms with Gasteiger partial charge < -0.3 is 4.74 Å². The predicted molar refractivity (Wildman–Crippen MR) is 68.9 cm³/mol. The molecule has 0 aliphatic rings. The molecule has 0 saturated heterocycles. The Bertz CT molecular complexity index is 496. The summed E-state index contributed by atoms with van der Waals surface area (Å²) in [7, 11) is 0. The maximum absolute atomic E-state index is 5.63. The van der Waals surface area contributed by atoms with Crippen LogP contribution < -0.4 is 4.74 Å². The van der Waals surface area contributed by atoms with Crippen LogP contribution in [0.5, 0.6) is 5.75 Å². The summed E-state index contributed by atoms with van der Waals surface area (Å²) in [4.78, 5) is 4.08. The minimum absolute atomic E-state index is 0.347. The normalized spacial score (nSPS) is 10.8. The van der Waals surface area contributed by atoms with Gasteiger partial charge in [0.15, 0.2) is 5.75 Å². The van der Waals surface area contributed by atoms with Gasteiger partial charge in [-0.25, -0.2) is 0 Å². The lowest BCUT2D eigenvalue weighted by atomic mass is 10.3. The lowest BCUT2D eigenvalue weighted by molar-refractivity contribution is 0.305. The van der Waals surface area contributed by atoms with Gasteiger partial charge in [-0.1, -0.05) is 0 Å². The molecule has 4 nitrogen and oxygen atoms in total. The van der Waals surface area contributed by atoms with E-state index in [0.29, 0.717) is 12.6 Å². The number of halogens is 1. The van der Waals surface area contributed by atoms with E-state index in [1.165, 1.54) is 0 Å². The molecule has 2 rings (SSSR count). The lowest BCUT2D eigenvalue weighted by Crippen LogP contribution is -2.00. The maximum atomic E-state index is 5.63. The molecule has 0 spiro atoms. The van der Waals surface area contributed by atoms with Gasteiger partial charge in [-0.2, -0.15) is 5.10 Å². The fraction of sp³-hybridized carbons (Fsp3) is 0.333. The highest BCUT2D eigenvalue weighted by molar-refractivity contribution is 9.10. The zero-order valence-corrected chi connectivity index (χ0v) is 11.4. The largest absolute Gasteiger partial charge is 0.486 e. The average Bonchev–Trinajstić information content (AvgIpc) is 2.75. The molecule has 0 aromatic carbocycles. The van der Waals surface area contributed by atoms with Crippen molar-refractivity contribution in [1.82, 2.24) is 14.8 Å². The van der Waals surface area contributed by atoms with Gasteiger partial charge in [-0.05, 0) is 35.8 Å². The summed E-state index contributed by atoms with van der Waals surface area (Å²) in [6.45, 7) is 4.65. The summed E-state index contributed by atoms with van der Waals surface area (Å²) in [6.07, 6.45) is 7.17. The Morgan fingerprint density at radius 3 is 2.82 bits per heavy atom. The molecule has 0 N–H and O–H groups in total. The average molecular weight is 296 g/mol. The van der Waals surface area contributed by atoms with Crippen LogP contribution >= 0.6 is 15.9 Å². The summed E-state index contributed by atoms with van der Waals surface area (Å²) in [5.41, 5.74) is 1.02.